The van der Waals surface area contributed by atoms with Crippen molar-refractivity contribution in [2.24, 2.45) is 0 Å². The molecule has 1 aromatic heterocycles. The number of hydrogen-bond acceptors (Lipinski definition) is 7. The van der Waals surface area contributed by atoms with Gasteiger partial charge in [0.2, 0.25) is 0 Å². The summed E-state index contributed by atoms with van der Waals surface area (Å²) in [6, 6.07) is 22.2. The van der Waals surface area contributed by atoms with E-state index in [1.54, 1.807) is 0 Å². The van der Waals surface area contributed by atoms with Gasteiger partial charge in [-0.3, -0.25) is 4.79 Å². The number of rotatable bonds is 19. The maximum atomic E-state index is 13.0. The number of carboxylic acid groups (broad SMARTS) is 2. The van der Waals surface area contributed by atoms with Crippen LogP contribution < -0.4 is 5.32 Å². The Hall–Kier alpha value is -4.28. The van der Waals surface area contributed by atoms with Gasteiger partial charge in [-0.2, -0.15) is 0 Å². The third-order valence-electron chi connectivity index (χ3n) is 7.09. The number of amides is 1. The molecule has 0 radical (unpaired) electrons. The number of carboxylic acids is 2. The minimum Gasteiger partial charge on any atom is -0.480 e. The van der Waals surface area contributed by atoms with Gasteiger partial charge in [0.05, 0.1) is 0 Å². The van der Waals surface area contributed by atoms with Crippen molar-refractivity contribution in [3.8, 4) is 0 Å². The van der Waals surface area contributed by atoms with Gasteiger partial charge in [-0.05, 0) is 60.6 Å². The number of carbonyl (C=O) groups is 3. The van der Waals surface area contributed by atoms with Gasteiger partial charge in [-0.1, -0.05) is 67.4 Å². The highest BCUT2D eigenvalue weighted by molar-refractivity contribution is 5.88. The molecule has 3 N–H and O–H groups in total. The summed E-state index contributed by atoms with van der Waals surface area (Å²) in [5.74, 6) is -2.80. The second-order valence-corrected chi connectivity index (χ2v) is 10.4. The van der Waals surface area contributed by atoms with E-state index in [9.17, 15) is 19.5 Å². The van der Waals surface area contributed by atoms with Crippen LogP contribution in [0.5, 0.6) is 0 Å². The van der Waals surface area contributed by atoms with Crippen LogP contribution in [0.3, 0.4) is 0 Å². The van der Waals surface area contributed by atoms with E-state index in [0.717, 1.165) is 43.2 Å². The van der Waals surface area contributed by atoms with E-state index >= 15 is 0 Å². The lowest BCUT2D eigenvalue weighted by molar-refractivity contribution is -0.172. The Morgan fingerprint density at radius 2 is 1.53 bits per heavy atom. The van der Waals surface area contributed by atoms with Gasteiger partial charge in [-0.15, -0.1) is 0 Å². The van der Waals surface area contributed by atoms with Crippen molar-refractivity contribution in [1.82, 2.24) is 10.3 Å². The molecule has 228 valence electrons. The fourth-order valence-electron chi connectivity index (χ4n) is 4.88. The number of unbranched alkanes of at least 4 members (excludes halogenated alkanes) is 4. The molecule has 2 atom stereocenters. The first-order valence-electron chi connectivity index (χ1n) is 14.7. The lowest BCUT2D eigenvalue weighted by atomic mass is 10.0. The second kappa shape index (κ2) is 16.4. The van der Waals surface area contributed by atoms with Crippen LogP contribution in [0, 0.1) is 0 Å². The molecule has 4 rings (SSSR count). The maximum Gasteiger partial charge on any atom is 0.336 e. The fraction of sp³-hybridized carbons (Fsp3) is 0.394. The van der Waals surface area contributed by atoms with Crippen LogP contribution in [0.4, 0.5) is 0 Å². The van der Waals surface area contributed by atoms with Gasteiger partial charge in [-0.25, -0.2) is 14.6 Å². The van der Waals surface area contributed by atoms with Gasteiger partial charge in [0.25, 0.3) is 5.91 Å². The number of ether oxygens (including phenoxy) is 2. The maximum absolute atomic E-state index is 13.0. The minimum absolute atomic E-state index is 0.109. The summed E-state index contributed by atoms with van der Waals surface area (Å²) in [5.41, 5.74) is 2.80. The molecule has 0 aliphatic rings. The van der Waals surface area contributed by atoms with Crippen LogP contribution in [-0.2, 0) is 36.7 Å². The number of benzene rings is 3. The summed E-state index contributed by atoms with van der Waals surface area (Å²) in [5, 5.41) is 23.8. The van der Waals surface area contributed by atoms with Gasteiger partial charge in [0.1, 0.15) is 12.1 Å². The molecule has 0 spiro atoms. The Morgan fingerprint density at radius 3 is 2.33 bits per heavy atom. The molecule has 10 heteroatoms. The Labute approximate surface area is 250 Å². The number of oxazole rings is 1. The minimum atomic E-state index is -1.75. The van der Waals surface area contributed by atoms with Gasteiger partial charge < -0.3 is 29.4 Å². The van der Waals surface area contributed by atoms with Gasteiger partial charge >= 0.3 is 11.9 Å². The third-order valence-corrected chi connectivity index (χ3v) is 7.09. The highest BCUT2D eigenvalue weighted by atomic mass is 16.6. The monoisotopic (exact) mass is 590 g/mol. The predicted octanol–water partition coefficient (Wildman–Crippen LogP) is 5.16. The SMILES string of the molecule is O=C(O)COC(C(=O)O)C(OCCCCCc1nc2ccccc2o1)C(=O)NCCCCCc1ccc2ccccc2c1. The first kappa shape index (κ1) is 31.7. The molecule has 1 amide bonds. The van der Waals surface area contributed by atoms with Crippen LogP contribution in [0.25, 0.3) is 21.9 Å². The van der Waals surface area contributed by atoms with Crippen LogP contribution in [-0.4, -0.2) is 65.0 Å². The van der Waals surface area contributed by atoms with Crippen molar-refractivity contribution in [3.05, 3.63) is 78.2 Å². The van der Waals surface area contributed by atoms with Crippen molar-refractivity contribution >= 4 is 39.7 Å². The van der Waals surface area contributed by atoms with E-state index in [4.69, 9.17) is 19.0 Å². The number of aryl methyl sites for hydroxylation is 2. The summed E-state index contributed by atoms with van der Waals surface area (Å²) >= 11 is 0. The lowest BCUT2D eigenvalue weighted by Gasteiger charge is -2.23. The van der Waals surface area contributed by atoms with Gasteiger partial charge in [0, 0.05) is 19.6 Å². The Balaban J connectivity index is 1.20. The molecule has 10 nitrogen and oxygen atoms in total. The first-order valence-corrected chi connectivity index (χ1v) is 14.7. The van der Waals surface area contributed by atoms with Gasteiger partial charge in [0.15, 0.2) is 23.7 Å². The molecular formula is C33H38N2O8. The third kappa shape index (κ3) is 9.90. The van der Waals surface area contributed by atoms with E-state index < -0.39 is 36.7 Å². The molecule has 0 bridgehead atoms. The number of nitrogens with one attached hydrogen (secondary N) is 1. The van der Waals surface area contributed by atoms with Crippen molar-refractivity contribution < 1.29 is 38.5 Å². The number of carbonyl (C=O) groups excluding carboxylic acids is 1. The Morgan fingerprint density at radius 1 is 0.791 bits per heavy atom. The van der Waals surface area contributed by atoms with Crippen molar-refractivity contribution in [3.63, 3.8) is 0 Å². The van der Waals surface area contributed by atoms with E-state index in [1.807, 2.05) is 36.4 Å². The zero-order valence-electron chi connectivity index (χ0n) is 24.1. The Kier molecular flexibility index (Phi) is 12.1. The Bertz CT molecular complexity index is 1470. The second-order valence-electron chi connectivity index (χ2n) is 10.4. The topological polar surface area (TPSA) is 148 Å². The highest BCUT2D eigenvalue weighted by Crippen LogP contribution is 2.18. The molecule has 0 aliphatic heterocycles. The number of nitrogens with zero attached hydrogens (tertiary/aromatic N) is 1. The lowest BCUT2D eigenvalue weighted by Crippen LogP contribution is -2.49. The summed E-state index contributed by atoms with van der Waals surface area (Å²) < 4.78 is 16.4. The largest absolute Gasteiger partial charge is 0.480 e. The molecule has 43 heavy (non-hydrogen) atoms. The predicted molar refractivity (Wildman–Crippen MR) is 161 cm³/mol. The summed E-state index contributed by atoms with van der Waals surface area (Å²) in [6.07, 6.45) is 2.91. The van der Waals surface area contributed by atoms with Crippen LogP contribution in [0.2, 0.25) is 0 Å². The fourth-order valence-corrected chi connectivity index (χ4v) is 4.88. The van der Waals surface area contributed by atoms with Crippen molar-refractivity contribution in [2.75, 3.05) is 19.8 Å². The van der Waals surface area contributed by atoms with Crippen LogP contribution >= 0.6 is 0 Å². The molecule has 2 unspecified atom stereocenters. The summed E-state index contributed by atoms with van der Waals surface area (Å²) in [6.45, 7) is -0.410. The van der Waals surface area contributed by atoms with Crippen molar-refractivity contribution in [2.45, 2.75) is 63.6 Å². The normalized spacial score (nSPS) is 12.7. The van der Waals surface area contributed by atoms with E-state index in [1.165, 1.54) is 16.3 Å². The molecule has 1 heterocycles. The standard InChI is InChI=1S/C33H38N2O8/c36-29(37)22-42-31(33(39)40)30(41-20-10-2-4-16-28-35-26-14-7-8-15-27(26)43-28)32(38)34-19-9-1-3-11-23-17-18-24-12-5-6-13-25(24)21-23/h5-8,12-15,17-18,21,30-31H,1-4,9-11,16,19-20,22H2,(H,34,38)(H,36,37)(H,39,40). The zero-order chi connectivity index (χ0) is 30.4. The van der Waals surface area contributed by atoms with E-state index in [0.29, 0.717) is 31.7 Å². The smallest absolute Gasteiger partial charge is 0.336 e. The van der Waals surface area contributed by atoms with Crippen LogP contribution in [0.1, 0.15) is 50.0 Å². The quantitative estimate of drug-likeness (QED) is 0.126. The molecule has 0 aliphatic carbocycles. The number of para-hydroxylation sites is 2. The molecule has 3 aromatic carbocycles. The number of hydrogen-bond donors (Lipinski definition) is 3. The summed E-state index contributed by atoms with van der Waals surface area (Å²) in [4.78, 5) is 40.3. The molecule has 4 aromatic rings. The molecule has 0 saturated heterocycles. The van der Waals surface area contributed by atoms with Crippen LogP contribution in [0.15, 0.2) is 71.1 Å². The molecule has 0 fully saturated rings. The average Bonchev–Trinajstić information content (AvgIpc) is 3.42. The number of aromatic nitrogens is 1. The molecule has 0 saturated carbocycles. The van der Waals surface area contributed by atoms with E-state index in [2.05, 4.69) is 40.6 Å². The zero-order valence-corrected chi connectivity index (χ0v) is 24.1. The average molecular weight is 591 g/mol. The first-order chi connectivity index (χ1) is 20.9. The number of aliphatic carboxylic acids is 2. The highest BCUT2D eigenvalue weighted by Gasteiger charge is 2.36. The number of fused-ring (bicyclic) bond motifs is 2. The van der Waals surface area contributed by atoms with E-state index in [-0.39, 0.29) is 6.61 Å². The van der Waals surface area contributed by atoms with Crippen molar-refractivity contribution in [1.29, 1.82) is 0 Å². The molecular weight excluding hydrogens is 552 g/mol. The summed E-state index contributed by atoms with van der Waals surface area (Å²) in [7, 11) is 0.